The molecule has 0 N–H and O–H groups in total. The standard InChI is InChI=1S/C22H15F2N3O3S/c1-13-16(8-5-9-18(13)27(29)30)21(28)26(12-14-6-3-2-4-7-14)22-25-20-17(24)10-15(23)11-19(20)31-22/h2-11H,12H2,1H3. The third-order valence-corrected chi connectivity index (χ3v) is 5.82. The van der Waals surface area contributed by atoms with Crippen LogP contribution in [0.2, 0.25) is 0 Å². The van der Waals surface area contributed by atoms with Gasteiger partial charge in [0.05, 0.1) is 16.2 Å². The fourth-order valence-corrected chi connectivity index (χ4v) is 4.25. The Balaban J connectivity index is 1.84. The molecule has 0 fully saturated rings. The van der Waals surface area contributed by atoms with E-state index in [-0.39, 0.29) is 38.7 Å². The van der Waals surface area contributed by atoms with Crippen LogP contribution in [0, 0.1) is 28.7 Å². The van der Waals surface area contributed by atoms with Crippen LogP contribution in [0.25, 0.3) is 10.2 Å². The van der Waals surface area contributed by atoms with Crippen molar-refractivity contribution in [2.75, 3.05) is 4.90 Å². The van der Waals surface area contributed by atoms with Gasteiger partial charge in [0.25, 0.3) is 11.6 Å². The summed E-state index contributed by atoms with van der Waals surface area (Å²) >= 11 is 0.972. The van der Waals surface area contributed by atoms with E-state index in [9.17, 15) is 23.7 Å². The molecule has 1 amide bonds. The monoisotopic (exact) mass is 439 g/mol. The van der Waals surface area contributed by atoms with Crippen LogP contribution >= 0.6 is 11.3 Å². The van der Waals surface area contributed by atoms with Gasteiger partial charge >= 0.3 is 0 Å². The zero-order chi connectivity index (χ0) is 22.1. The van der Waals surface area contributed by atoms with E-state index in [1.807, 2.05) is 30.3 Å². The SMILES string of the molecule is Cc1c(C(=O)N(Cc2ccccc2)c2nc3c(F)cc(F)cc3s2)cccc1[N+](=O)[O-]. The van der Waals surface area contributed by atoms with Crippen molar-refractivity contribution in [2.45, 2.75) is 13.5 Å². The van der Waals surface area contributed by atoms with E-state index in [1.165, 1.54) is 30.0 Å². The third kappa shape index (κ3) is 3.99. The second-order valence-corrected chi connectivity index (χ2v) is 7.82. The van der Waals surface area contributed by atoms with Crippen molar-refractivity contribution in [1.29, 1.82) is 0 Å². The first-order valence-corrected chi connectivity index (χ1v) is 10.0. The van der Waals surface area contributed by atoms with Crippen molar-refractivity contribution in [1.82, 2.24) is 4.98 Å². The largest absolute Gasteiger partial charge is 0.279 e. The van der Waals surface area contributed by atoms with Crippen LogP contribution in [0.15, 0.2) is 60.7 Å². The molecule has 1 heterocycles. The predicted octanol–water partition coefficient (Wildman–Crippen LogP) is 5.64. The molecular formula is C22H15F2N3O3S. The van der Waals surface area contributed by atoms with E-state index >= 15 is 0 Å². The Labute approximate surface area is 179 Å². The zero-order valence-electron chi connectivity index (χ0n) is 16.2. The lowest BCUT2D eigenvalue weighted by Gasteiger charge is -2.21. The number of fused-ring (bicyclic) bond motifs is 1. The predicted molar refractivity (Wildman–Crippen MR) is 114 cm³/mol. The minimum absolute atomic E-state index is 0.0389. The van der Waals surface area contributed by atoms with E-state index < -0.39 is 22.5 Å². The summed E-state index contributed by atoms with van der Waals surface area (Å²) in [6, 6.07) is 15.2. The Hall–Kier alpha value is -3.72. The van der Waals surface area contributed by atoms with Crippen LogP contribution in [-0.4, -0.2) is 15.8 Å². The number of rotatable bonds is 5. The molecule has 156 valence electrons. The van der Waals surface area contributed by atoms with E-state index in [1.54, 1.807) is 0 Å². The number of carbonyl (C=O) groups is 1. The summed E-state index contributed by atoms with van der Waals surface area (Å²) in [6.45, 7) is 1.60. The van der Waals surface area contributed by atoms with Gasteiger partial charge in [-0.25, -0.2) is 13.8 Å². The molecule has 0 bridgehead atoms. The molecule has 0 aliphatic rings. The second kappa shape index (κ2) is 8.19. The third-order valence-electron chi connectivity index (χ3n) is 4.79. The molecule has 0 radical (unpaired) electrons. The van der Waals surface area contributed by atoms with Gasteiger partial charge in [-0.05, 0) is 24.6 Å². The lowest BCUT2D eigenvalue weighted by molar-refractivity contribution is -0.385. The van der Waals surface area contributed by atoms with Gasteiger partial charge in [-0.1, -0.05) is 47.7 Å². The minimum atomic E-state index is -0.823. The van der Waals surface area contributed by atoms with Gasteiger partial charge in [0.1, 0.15) is 11.3 Å². The maximum Gasteiger partial charge on any atom is 0.273 e. The molecule has 1 aromatic heterocycles. The van der Waals surface area contributed by atoms with Gasteiger partial charge in [0.2, 0.25) is 0 Å². The fourth-order valence-electron chi connectivity index (χ4n) is 3.25. The summed E-state index contributed by atoms with van der Waals surface area (Å²) in [5.74, 6) is -2.09. The minimum Gasteiger partial charge on any atom is -0.279 e. The number of thiazole rings is 1. The van der Waals surface area contributed by atoms with Crippen LogP contribution in [0.3, 0.4) is 0 Å². The summed E-state index contributed by atoms with van der Waals surface area (Å²) in [6.07, 6.45) is 0. The number of nitro benzene ring substituents is 1. The van der Waals surface area contributed by atoms with E-state index in [4.69, 9.17) is 0 Å². The lowest BCUT2D eigenvalue weighted by Crippen LogP contribution is -2.31. The molecule has 0 unspecified atom stereocenters. The molecule has 0 saturated carbocycles. The molecule has 4 rings (SSSR count). The molecule has 6 nitrogen and oxygen atoms in total. The molecule has 4 aromatic rings. The number of anilines is 1. The topological polar surface area (TPSA) is 76.3 Å². The first-order valence-electron chi connectivity index (χ1n) is 9.20. The number of carbonyl (C=O) groups excluding carboxylic acids is 1. The van der Waals surface area contributed by atoms with Gasteiger partial charge in [-0.2, -0.15) is 0 Å². The quantitative estimate of drug-likeness (QED) is 0.298. The fraction of sp³-hybridized carbons (Fsp3) is 0.0909. The number of nitrogens with zero attached hydrogens (tertiary/aromatic N) is 3. The molecule has 0 aliphatic carbocycles. The van der Waals surface area contributed by atoms with Crippen LogP contribution in [0.4, 0.5) is 19.6 Å². The number of hydrogen-bond acceptors (Lipinski definition) is 5. The van der Waals surface area contributed by atoms with E-state index in [2.05, 4.69) is 4.98 Å². The van der Waals surface area contributed by atoms with Crippen LogP contribution in [0.1, 0.15) is 21.5 Å². The number of aromatic nitrogens is 1. The van der Waals surface area contributed by atoms with Gasteiger partial charge in [0, 0.05) is 23.3 Å². The summed E-state index contributed by atoms with van der Waals surface area (Å²) in [4.78, 5) is 29.8. The highest BCUT2D eigenvalue weighted by molar-refractivity contribution is 7.22. The van der Waals surface area contributed by atoms with Crippen LogP contribution < -0.4 is 4.90 Å². The Bertz CT molecular complexity index is 1310. The van der Waals surface area contributed by atoms with E-state index in [0.717, 1.165) is 29.0 Å². The molecular weight excluding hydrogens is 424 g/mol. The van der Waals surface area contributed by atoms with Crippen molar-refractivity contribution in [2.24, 2.45) is 0 Å². The molecule has 0 spiro atoms. The molecule has 0 atom stereocenters. The highest BCUT2D eigenvalue weighted by atomic mass is 32.1. The van der Waals surface area contributed by atoms with Gasteiger partial charge in [0.15, 0.2) is 10.9 Å². The average Bonchev–Trinajstić information content (AvgIpc) is 3.16. The molecule has 9 heteroatoms. The maximum absolute atomic E-state index is 14.2. The zero-order valence-corrected chi connectivity index (χ0v) is 17.0. The Morgan fingerprint density at radius 3 is 2.58 bits per heavy atom. The highest BCUT2D eigenvalue weighted by Crippen LogP contribution is 2.33. The summed E-state index contributed by atoms with van der Waals surface area (Å²) < 4.78 is 28.1. The molecule has 0 aliphatic heterocycles. The van der Waals surface area contributed by atoms with Crippen molar-refractivity contribution in [3.05, 3.63) is 99.1 Å². The smallest absolute Gasteiger partial charge is 0.273 e. The Kier molecular flexibility index (Phi) is 5.43. The number of halogens is 2. The van der Waals surface area contributed by atoms with Gasteiger partial charge in [-0.15, -0.1) is 0 Å². The van der Waals surface area contributed by atoms with Crippen molar-refractivity contribution >= 4 is 38.3 Å². The van der Waals surface area contributed by atoms with E-state index in [0.29, 0.717) is 0 Å². The average molecular weight is 439 g/mol. The maximum atomic E-state index is 14.2. The molecule has 0 saturated heterocycles. The first kappa shape index (κ1) is 20.5. The van der Waals surface area contributed by atoms with Crippen molar-refractivity contribution in [3.8, 4) is 0 Å². The van der Waals surface area contributed by atoms with Crippen LogP contribution in [0.5, 0.6) is 0 Å². The van der Waals surface area contributed by atoms with Crippen LogP contribution in [-0.2, 0) is 6.54 Å². The second-order valence-electron chi connectivity index (χ2n) is 6.81. The summed E-state index contributed by atoms with van der Waals surface area (Å²) in [5.41, 5.74) is 0.917. The number of nitro groups is 1. The lowest BCUT2D eigenvalue weighted by atomic mass is 10.1. The number of hydrogen-bond donors (Lipinski definition) is 0. The van der Waals surface area contributed by atoms with Gasteiger partial charge < -0.3 is 0 Å². The Morgan fingerprint density at radius 2 is 1.87 bits per heavy atom. The molecule has 31 heavy (non-hydrogen) atoms. The van der Waals surface area contributed by atoms with Crippen molar-refractivity contribution in [3.63, 3.8) is 0 Å². The van der Waals surface area contributed by atoms with Gasteiger partial charge in [-0.3, -0.25) is 19.8 Å². The highest BCUT2D eigenvalue weighted by Gasteiger charge is 2.26. The summed E-state index contributed by atoms with van der Waals surface area (Å²) in [5, 5.41) is 11.5. The van der Waals surface area contributed by atoms with Crippen molar-refractivity contribution < 1.29 is 18.5 Å². The Morgan fingerprint density at radius 1 is 1.13 bits per heavy atom. The first-order chi connectivity index (χ1) is 14.8. The molecule has 3 aromatic carbocycles. The summed E-state index contributed by atoms with van der Waals surface area (Å²) in [7, 11) is 0. The normalized spacial score (nSPS) is 10.9. The number of benzene rings is 3. The number of amides is 1.